The summed E-state index contributed by atoms with van der Waals surface area (Å²) in [5, 5.41) is 3.38. The van der Waals surface area contributed by atoms with E-state index < -0.39 is 0 Å². The molecule has 1 N–H and O–H groups in total. The van der Waals surface area contributed by atoms with E-state index in [-0.39, 0.29) is 18.3 Å². The number of rotatable bonds is 5. The lowest BCUT2D eigenvalue weighted by Gasteiger charge is -2.38. The van der Waals surface area contributed by atoms with Gasteiger partial charge in [0.1, 0.15) is 12.4 Å². The summed E-state index contributed by atoms with van der Waals surface area (Å²) in [6.07, 6.45) is 0. The second-order valence-corrected chi connectivity index (χ2v) is 7.15. The number of hydrogen-bond acceptors (Lipinski definition) is 3. The van der Waals surface area contributed by atoms with Crippen LogP contribution in [-0.2, 0) is 4.79 Å². The largest absolute Gasteiger partial charge is 0.368 e. The van der Waals surface area contributed by atoms with E-state index >= 15 is 0 Å². The van der Waals surface area contributed by atoms with Crippen molar-refractivity contribution in [1.82, 2.24) is 15.1 Å². The Hall–Kier alpha value is -2.31. The zero-order chi connectivity index (χ0) is 19.1. The third-order valence-electron chi connectivity index (χ3n) is 4.30. The Morgan fingerprint density at radius 1 is 1.19 bits per heavy atom. The van der Waals surface area contributed by atoms with Crippen molar-refractivity contribution < 1.29 is 9.18 Å². The fourth-order valence-electron chi connectivity index (χ4n) is 2.68. The number of guanidine groups is 1. The van der Waals surface area contributed by atoms with Crippen molar-refractivity contribution in [3.05, 3.63) is 30.1 Å². The van der Waals surface area contributed by atoms with Gasteiger partial charge in [-0.25, -0.2) is 9.38 Å². The SMILES string of the molecule is CC(C)CNC(=NCC(=O)N(C)C)N1CCN(c2ccc(F)cc2)CC1. The van der Waals surface area contributed by atoms with E-state index in [1.807, 2.05) is 12.1 Å². The van der Waals surface area contributed by atoms with Crippen molar-refractivity contribution in [2.24, 2.45) is 10.9 Å². The maximum Gasteiger partial charge on any atom is 0.243 e. The van der Waals surface area contributed by atoms with E-state index in [0.717, 1.165) is 44.4 Å². The summed E-state index contributed by atoms with van der Waals surface area (Å²) in [5.74, 6) is 1.04. The minimum Gasteiger partial charge on any atom is -0.368 e. The number of halogens is 1. The molecule has 1 saturated heterocycles. The average molecular weight is 363 g/mol. The molecular weight excluding hydrogens is 333 g/mol. The predicted molar refractivity (Wildman–Crippen MR) is 104 cm³/mol. The van der Waals surface area contributed by atoms with E-state index in [1.54, 1.807) is 19.0 Å². The molecule has 0 atom stereocenters. The van der Waals surface area contributed by atoms with Crippen LogP contribution >= 0.6 is 0 Å². The van der Waals surface area contributed by atoms with Gasteiger partial charge in [-0.3, -0.25) is 4.79 Å². The van der Waals surface area contributed by atoms with Crippen molar-refractivity contribution in [2.75, 3.05) is 58.3 Å². The van der Waals surface area contributed by atoms with E-state index in [2.05, 4.69) is 34.0 Å². The number of nitrogens with zero attached hydrogens (tertiary/aromatic N) is 4. The van der Waals surface area contributed by atoms with Crippen LogP contribution in [0.3, 0.4) is 0 Å². The van der Waals surface area contributed by atoms with Gasteiger partial charge in [-0.2, -0.15) is 0 Å². The van der Waals surface area contributed by atoms with Crippen molar-refractivity contribution in [3.8, 4) is 0 Å². The molecule has 0 unspecified atom stereocenters. The van der Waals surface area contributed by atoms with Crippen molar-refractivity contribution in [1.29, 1.82) is 0 Å². The number of hydrogen-bond donors (Lipinski definition) is 1. The standard InChI is InChI=1S/C19H30FN5O/c1-15(2)13-21-19(22-14-18(26)23(3)4)25-11-9-24(10-12-25)17-7-5-16(20)6-8-17/h5-8,15H,9-14H2,1-4H3,(H,21,22). The molecule has 1 heterocycles. The molecule has 0 spiro atoms. The molecule has 6 nitrogen and oxygen atoms in total. The lowest BCUT2D eigenvalue weighted by atomic mass is 10.2. The first kappa shape index (κ1) is 20.0. The molecule has 26 heavy (non-hydrogen) atoms. The van der Waals surface area contributed by atoms with Gasteiger partial charge >= 0.3 is 0 Å². The van der Waals surface area contributed by atoms with Crippen molar-refractivity contribution >= 4 is 17.6 Å². The Morgan fingerprint density at radius 2 is 1.81 bits per heavy atom. The van der Waals surface area contributed by atoms with Crippen LogP contribution in [-0.4, -0.2) is 75.0 Å². The number of carbonyl (C=O) groups is 1. The number of aliphatic imine (C=N–C) groups is 1. The number of piperazine rings is 1. The molecule has 0 aliphatic carbocycles. The topological polar surface area (TPSA) is 51.2 Å². The van der Waals surface area contributed by atoms with Crippen LogP contribution in [0.5, 0.6) is 0 Å². The first-order valence-corrected chi connectivity index (χ1v) is 9.10. The van der Waals surface area contributed by atoms with Crippen LogP contribution in [0.15, 0.2) is 29.3 Å². The quantitative estimate of drug-likeness (QED) is 0.638. The third-order valence-corrected chi connectivity index (χ3v) is 4.30. The smallest absolute Gasteiger partial charge is 0.243 e. The van der Waals surface area contributed by atoms with E-state index in [0.29, 0.717) is 5.92 Å². The molecular formula is C19H30FN5O. The highest BCUT2D eigenvalue weighted by atomic mass is 19.1. The van der Waals surface area contributed by atoms with Crippen LogP contribution in [0.4, 0.5) is 10.1 Å². The fraction of sp³-hybridized carbons (Fsp3) is 0.579. The highest BCUT2D eigenvalue weighted by Gasteiger charge is 2.20. The highest BCUT2D eigenvalue weighted by molar-refractivity contribution is 5.85. The van der Waals surface area contributed by atoms with Crippen molar-refractivity contribution in [2.45, 2.75) is 13.8 Å². The van der Waals surface area contributed by atoms with Gasteiger partial charge in [-0.1, -0.05) is 13.8 Å². The molecule has 2 rings (SSSR count). The van der Waals surface area contributed by atoms with E-state index in [9.17, 15) is 9.18 Å². The predicted octanol–water partition coefficient (Wildman–Crippen LogP) is 1.64. The summed E-state index contributed by atoms with van der Waals surface area (Å²) in [6, 6.07) is 6.61. The van der Waals surface area contributed by atoms with Gasteiger partial charge < -0.3 is 20.0 Å². The van der Waals surface area contributed by atoms with Crippen LogP contribution in [0.1, 0.15) is 13.8 Å². The molecule has 1 aliphatic heterocycles. The van der Waals surface area contributed by atoms with Gasteiger partial charge in [0.25, 0.3) is 0 Å². The van der Waals surface area contributed by atoms with Gasteiger partial charge in [-0.05, 0) is 30.2 Å². The molecule has 1 aromatic carbocycles. The molecule has 1 amide bonds. The summed E-state index contributed by atoms with van der Waals surface area (Å²) < 4.78 is 13.1. The van der Waals surface area contributed by atoms with Gasteiger partial charge in [0.2, 0.25) is 5.91 Å². The molecule has 0 radical (unpaired) electrons. The monoisotopic (exact) mass is 363 g/mol. The molecule has 144 valence electrons. The summed E-state index contributed by atoms with van der Waals surface area (Å²) >= 11 is 0. The lowest BCUT2D eigenvalue weighted by Crippen LogP contribution is -2.53. The first-order chi connectivity index (χ1) is 12.4. The number of carbonyl (C=O) groups excluding carboxylic acids is 1. The maximum absolute atomic E-state index is 13.1. The Balaban J connectivity index is 1.99. The normalized spacial score (nSPS) is 15.4. The molecule has 0 saturated carbocycles. The summed E-state index contributed by atoms with van der Waals surface area (Å²) in [6.45, 7) is 8.50. The molecule has 1 aliphatic rings. The second kappa shape index (κ2) is 9.40. The van der Waals surface area contributed by atoms with Crippen LogP contribution in [0.25, 0.3) is 0 Å². The zero-order valence-corrected chi connectivity index (χ0v) is 16.2. The fourth-order valence-corrected chi connectivity index (χ4v) is 2.68. The molecule has 1 aromatic rings. The van der Waals surface area contributed by atoms with Gasteiger partial charge in [0.15, 0.2) is 5.96 Å². The molecule has 0 aromatic heterocycles. The van der Waals surface area contributed by atoms with E-state index in [4.69, 9.17) is 0 Å². The molecule has 7 heteroatoms. The Morgan fingerprint density at radius 3 is 2.35 bits per heavy atom. The van der Waals surface area contributed by atoms with Crippen LogP contribution in [0.2, 0.25) is 0 Å². The first-order valence-electron chi connectivity index (χ1n) is 9.10. The maximum atomic E-state index is 13.1. The number of nitrogens with one attached hydrogen (secondary N) is 1. The highest BCUT2D eigenvalue weighted by Crippen LogP contribution is 2.17. The Labute approximate surface area is 155 Å². The summed E-state index contributed by atoms with van der Waals surface area (Å²) in [4.78, 5) is 22.4. The minimum atomic E-state index is -0.217. The van der Waals surface area contributed by atoms with Crippen LogP contribution in [0, 0.1) is 11.7 Å². The number of amides is 1. The Kier molecular flexibility index (Phi) is 7.24. The summed E-state index contributed by atoms with van der Waals surface area (Å²) in [5.41, 5.74) is 1.03. The lowest BCUT2D eigenvalue weighted by molar-refractivity contribution is -0.127. The van der Waals surface area contributed by atoms with Gasteiger partial charge in [-0.15, -0.1) is 0 Å². The average Bonchev–Trinajstić information content (AvgIpc) is 2.62. The number of anilines is 1. The molecule has 1 fully saturated rings. The minimum absolute atomic E-state index is 0.0150. The number of likely N-dealkylation sites (N-methyl/N-ethyl adjacent to an activating group) is 1. The van der Waals surface area contributed by atoms with Crippen molar-refractivity contribution in [3.63, 3.8) is 0 Å². The van der Waals surface area contributed by atoms with Gasteiger partial charge in [0, 0.05) is 52.5 Å². The Bertz CT molecular complexity index is 607. The van der Waals surface area contributed by atoms with E-state index in [1.165, 1.54) is 12.1 Å². The zero-order valence-electron chi connectivity index (χ0n) is 16.2. The third kappa shape index (κ3) is 5.89. The summed E-state index contributed by atoms with van der Waals surface area (Å²) in [7, 11) is 3.47. The van der Waals surface area contributed by atoms with Crippen LogP contribution < -0.4 is 10.2 Å². The molecule has 0 bridgehead atoms. The second-order valence-electron chi connectivity index (χ2n) is 7.15. The van der Waals surface area contributed by atoms with Gasteiger partial charge in [0.05, 0.1) is 0 Å². The number of benzene rings is 1.